The van der Waals surface area contributed by atoms with Crippen LogP contribution in [0.5, 0.6) is 11.5 Å². The highest BCUT2D eigenvalue weighted by molar-refractivity contribution is 5.40. The molecule has 1 aliphatic carbocycles. The second-order valence-electron chi connectivity index (χ2n) is 5.00. The highest BCUT2D eigenvalue weighted by atomic mass is 16.3. The van der Waals surface area contributed by atoms with Crippen LogP contribution in [-0.4, -0.2) is 28.5 Å². The maximum Gasteiger partial charge on any atom is 0.120 e. The predicted molar refractivity (Wildman–Crippen MR) is 64.9 cm³/mol. The van der Waals surface area contributed by atoms with Crippen LogP contribution in [0, 0.1) is 5.41 Å². The summed E-state index contributed by atoms with van der Waals surface area (Å²) >= 11 is 0. The van der Waals surface area contributed by atoms with E-state index in [1.54, 1.807) is 6.07 Å². The highest BCUT2D eigenvalue weighted by Gasteiger charge is 2.41. The number of rotatable bonds is 5. The molecule has 1 aromatic carbocycles. The van der Waals surface area contributed by atoms with Gasteiger partial charge >= 0.3 is 0 Å². The number of aliphatic hydroxyl groups excluding tert-OH is 1. The van der Waals surface area contributed by atoms with E-state index in [2.05, 4.69) is 5.32 Å². The standard InChI is InChI=1S/C13H19NO3/c1-9(14-7-13(8-15)4-5-13)11-6-10(16)2-3-12(11)17/h2-3,6,9,14-17H,4-5,7-8H2,1H3. The van der Waals surface area contributed by atoms with Crippen molar-refractivity contribution < 1.29 is 15.3 Å². The van der Waals surface area contributed by atoms with Crippen molar-refractivity contribution in [3.8, 4) is 11.5 Å². The first-order valence-electron chi connectivity index (χ1n) is 5.92. The summed E-state index contributed by atoms with van der Waals surface area (Å²) in [5.41, 5.74) is 0.722. The van der Waals surface area contributed by atoms with Gasteiger partial charge in [-0.2, -0.15) is 0 Å². The van der Waals surface area contributed by atoms with Crippen LogP contribution in [-0.2, 0) is 0 Å². The van der Waals surface area contributed by atoms with Gasteiger partial charge in [-0.25, -0.2) is 0 Å². The molecule has 0 spiro atoms. The van der Waals surface area contributed by atoms with Crippen LogP contribution in [0.4, 0.5) is 0 Å². The summed E-state index contributed by atoms with van der Waals surface area (Å²) in [5.74, 6) is 0.325. The number of aromatic hydroxyl groups is 2. The van der Waals surface area contributed by atoms with Crippen molar-refractivity contribution in [1.82, 2.24) is 5.32 Å². The third kappa shape index (κ3) is 2.70. The van der Waals surface area contributed by atoms with Crippen LogP contribution in [0.2, 0.25) is 0 Å². The summed E-state index contributed by atoms with van der Waals surface area (Å²) in [7, 11) is 0. The normalized spacial score (nSPS) is 18.9. The number of hydrogen-bond donors (Lipinski definition) is 4. The molecule has 17 heavy (non-hydrogen) atoms. The summed E-state index contributed by atoms with van der Waals surface area (Å²) in [4.78, 5) is 0. The Morgan fingerprint density at radius 3 is 2.65 bits per heavy atom. The molecule has 0 radical (unpaired) electrons. The van der Waals surface area contributed by atoms with Gasteiger partial charge in [-0.15, -0.1) is 0 Å². The molecule has 1 fully saturated rings. The van der Waals surface area contributed by atoms with Gasteiger partial charge in [0.25, 0.3) is 0 Å². The quantitative estimate of drug-likeness (QED) is 0.586. The number of aliphatic hydroxyl groups is 1. The summed E-state index contributed by atoms with van der Waals surface area (Å²) in [6.07, 6.45) is 2.10. The molecule has 0 bridgehead atoms. The van der Waals surface area contributed by atoms with Crippen molar-refractivity contribution in [2.24, 2.45) is 5.41 Å². The second-order valence-corrected chi connectivity index (χ2v) is 5.00. The Bertz CT molecular complexity index is 402. The Kier molecular flexibility index (Phi) is 3.26. The molecule has 1 aromatic rings. The zero-order valence-electron chi connectivity index (χ0n) is 9.98. The van der Waals surface area contributed by atoms with Crippen LogP contribution in [0.3, 0.4) is 0 Å². The van der Waals surface area contributed by atoms with Crippen molar-refractivity contribution >= 4 is 0 Å². The Morgan fingerprint density at radius 2 is 2.06 bits per heavy atom. The SMILES string of the molecule is CC(NCC1(CO)CC1)c1cc(O)ccc1O. The third-order valence-corrected chi connectivity index (χ3v) is 3.55. The minimum Gasteiger partial charge on any atom is -0.508 e. The Morgan fingerprint density at radius 1 is 1.35 bits per heavy atom. The zero-order valence-corrected chi connectivity index (χ0v) is 9.98. The van der Waals surface area contributed by atoms with Crippen molar-refractivity contribution in [1.29, 1.82) is 0 Å². The Labute approximate surface area is 101 Å². The molecule has 1 unspecified atom stereocenters. The van der Waals surface area contributed by atoms with E-state index in [9.17, 15) is 15.3 Å². The molecule has 1 aliphatic rings. The summed E-state index contributed by atoms with van der Waals surface area (Å²) in [6, 6.07) is 4.46. The molecule has 1 saturated carbocycles. The lowest BCUT2D eigenvalue weighted by atomic mass is 10.0. The van der Waals surface area contributed by atoms with Gasteiger partial charge in [0.1, 0.15) is 11.5 Å². The Hall–Kier alpha value is -1.26. The largest absolute Gasteiger partial charge is 0.508 e. The molecule has 0 saturated heterocycles. The number of nitrogens with one attached hydrogen (secondary N) is 1. The fourth-order valence-corrected chi connectivity index (χ4v) is 1.94. The number of hydrogen-bond acceptors (Lipinski definition) is 4. The van der Waals surface area contributed by atoms with E-state index in [-0.39, 0.29) is 29.6 Å². The van der Waals surface area contributed by atoms with Gasteiger partial charge in [-0.05, 0) is 38.0 Å². The third-order valence-electron chi connectivity index (χ3n) is 3.55. The van der Waals surface area contributed by atoms with Gasteiger partial charge in [0.05, 0.1) is 0 Å². The fraction of sp³-hybridized carbons (Fsp3) is 0.538. The lowest BCUT2D eigenvalue weighted by Gasteiger charge is -2.19. The molecule has 4 nitrogen and oxygen atoms in total. The van der Waals surface area contributed by atoms with Gasteiger partial charge < -0.3 is 20.6 Å². The summed E-state index contributed by atoms with van der Waals surface area (Å²) in [6.45, 7) is 2.88. The maximum atomic E-state index is 9.71. The van der Waals surface area contributed by atoms with Crippen LogP contribution < -0.4 is 5.32 Å². The molecule has 0 heterocycles. The molecular weight excluding hydrogens is 218 g/mol. The van der Waals surface area contributed by atoms with E-state index in [1.807, 2.05) is 6.92 Å². The topological polar surface area (TPSA) is 72.7 Å². The van der Waals surface area contributed by atoms with Crippen LogP contribution in [0.1, 0.15) is 31.4 Å². The molecule has 0 aliphatic heterocycles. The predicted octanol–water partition coefficient (Wildman–Crippen LogP) is 1.52. The van der Waals surface area contributed by atoms with E-state index >= 15 is 0 Å². The first-order chi connectivity index (χ1) is 8.06. The van der Waals surface area contributed by atoms with Gasteiger partial charge in [-0.1, -0.05) is 0 Å². The van der Waals surface area contributed by atoms with E-state index in [0.29, 0.717) is 5.56 Å². The summed E-state index contributed by atoms with van der Waals surface area (Å²) in [5, 5.41) is 31.6. The lowest BCUT2D eigenvalue weighted by Crippen LogP contribution is -2.28. The van der Waals surface area contributed by atoms with Crippen molar-refractivity contribution in [2.45, 2.75) is 25.8 Å². The van der Waals surface area contributed by atoms with E-state index < -0.39 is 0 Å². The molecular formula is C13H19NO3. The second kappa shape index (κ2) is 4.55. The minimum absolute atomic E-state index is 0.0424. The smallest absolute Gasteiger partial charge is 0.120 e. The van der Waals surface area contributed by atoms with Gasteiger partial charge in [0.15, 0.2) is 0 Å². The molecule has 94 valence electrons. The van der Waals surface area contributed by atoms with E-state index in [4.69, 9.17) is 0 Å². The van der Waals surface area contributed by atoms with Crippen LogP contribution >= 0.6 is 0 Å². The van der Waals surface area contributed by atoms with Gasteiger partial charge in [-0.3, -0.25) is 0 Å². The average molecular weight is 237 g/mol. The van der Waals surface area contributed by atoms with Crippen molar-refractivity contribution in [2.75, 3.05) is 13.2 Å². The van der Waals surface area contributed by atoms with Crippen molar-refractivity contribution in [3.05, 3.63) is 23.8 Å². The minimum atomic E-state index is -0.0499. The number of phenolic OH excluding ortho intramolecular Hbond substituents is 2. The maximum absolute atomic E-state index is 9.71. The van der Waals surface area contributed by atoms with Crippen molar-refractivity contribution in [3.63, 3.8) is 0 Å². The zero-order chi connectivity index (χ0) is 12.5. The molecule has 4 N–H and O–H groups in total. The molecule has 4 heteroatoms. The Balaban J connectivity index is 1.99. The van der Waals surface area contributed by atoms with Crippen LogP contribution in [0.15, 0.2) is 18.2 Å². The molecule has 2 rings (SSSR count). The average Bonchev–Trinajstić information content (AvgIpc) is 3.10. The molecule has 0 amide bonds. The van der Waals surface area contributed by atoms with E-state index in [0.717, 1.165) is 19.4 Å². The molecule has 0 aromatic heterocycles. The number of phenols is 2. The van der Waals surface area contributed by atoms with Gasteiger partial charge in [0, 0.05) is 30.2 Å². The first-order valence-corrected chi connectivity index (χ1v) is 5.92. The lowest BCUT2D eigenvalue weighted by molar-refractivity contribution is 0.204. The fourth-order valence-electron chi connectivity index (χ4n) is 1.94. The number of benzene rings is 1. The molecule has 1 atom stereocenters. The van der Waals surface area contributed by atoms with Gasteiger partial charge in [0.2, 0.25) is 0 Å². The summed E-state index contributed by atoms with van der Waals surface area (Å²) < 4.78 is 0. The monoisotopic (exact) mass is 237 g/mol. The van der Waals surface area contributed by atoms with Crippen LogP contribution in [0.25, 0.3) is 0 Å². The van der Waals surface area contributed by atoms with E-state index in [1.165, 1.54) is 12.1 Å². The highest BCUT2D eigenvalue weighted by Crippen LogP contribution is 2.44. The first kappa shape index (κ1) is 12.2.